The number of aliphatic hydroxyl groups is 2. The summed E-state index contributed by atoms with van der Waals surface area (Å²) in [6, 6.07) is 2.43. The normalized spacial score (nSPS) is 14.4. The number of hydrogen-bond donors (Lipinski definition) is 2. The van der Waals surface area contributed by atoms with Gasteiger partial charge >= 0.3 is 0 Å². The van der Waals surface area contributed by atoms with Crippen LogP contribution in [0.25, 0.3) is 0 Å². The van der Waals surface area contributed by atoms with E-state index in [9.17, 15) is 14.6 Å². The predicted molar refractivity (Wildman–Crippen MR) is 76.7 cm³/mol. The lowest BCUT2D eigenvalue weighted by Gasteiger charge is -2.13. The molecule has 1 fully saturated rings. The van der Waals surface area contributed by atoms with E-state index < -0.39 is 5.82 Å². The number of aromatic nitrogens is 1. The maximum absolute atomic E-state index is 13.4. The molecule has 1 aliphatic carbocycles. The number of nitrogens with zero attached hydrogens (tertiary/aromatic N) is 1. The molecule has 21 heavy (non-hydrogen) atoms. The van der Waals surface area contributed by atoms with Gasteiger partial charge in [-0.3, -0.25) is 0 Å². The highest BCUT2D eigenvalue weighted by Gasteiger charge is 2.26. The molecule has 1 saturated carbocycles. The van der Waals surface area contributed by atoms with Crippen molar-refractivity contribution in [1.82, 2.24) is 4.98 Å². The molecule has 0 radical (unpaired) electrons. The molecule has 0 amide bonds. The second kappa shape index (κ2) is 6.09. The molecule has 1 aliphatic rings. The van der Waals surface area contributed by atoms with Crippen molar-refractivity contribution in [1.29, 1.82) is 0 Å². The average Bonchev–Trinajstić information content (AvgIpc) is 3.24. The first kappa shape index (κ1) is 14.4. The van der Waals surface area contributed by atoms with Gasteiger partial charge in [-0.1, -0.05) is 0 Å². The van der Waals surface area contributed by atoms with Gasteiger partial charge in [-0.15, -0.1) is 11.3 Å². The van der Waals surface area contributed by atoms with Crippen LogP contribution in [-0.4, -0.2) is 15.2 Å². The fourth-order valence-corrected chi connectivity index (χ4v) is 3.16. The Morgan fingerprint density at radius 3 is 2.48 bits per heavy atom. The standard InChI is InChI=1S/C15H16FNO3S/c16-12-3-10(5-18)14(11(4-12)6-19)20-7-13-8-21-15(17-13)9-1-2-9/h3-4,8-9,18-19H,1-2,5-7H2. The lowest BCUT2D eigenvalue weighted by atomic mass is 10.1. The molecule has 4 nitrogen and oxygen atoms in total. The van der Waals surface area contributed by atoms with Crippen LogP contribution in [0.15, 0.2) is 17.5 Å². The van der Waals surface area contributed by atoms with Crippen molar-refractivity contribution in [2.75, 3.05) is 0 Å². The van der Waals surface area contributed by atoms with Crippen LogP contribution in [0.2, 0.25) is 0 Å². The van der Waals surface area contributed by atoms with Gasteiger partial charge < -0.3 is 14.9 Å². The zero-order valence-corrected chi connectivity index (χ0v) is 12.2. The monoisotopic (exact) mass is 309 g/mol. The molecular formula is C15H16FNO3S. The van der Waals surface area contributed by atoms with Crippen LogP contribution in [0, 0.1) is 5.82 Å². The summed E-state index contributed by atoms with van der Waals surface area (Å²) in [5, 5.41) is 21.7. The summed E-state index contributed by atoms with van der Waals surface area (Å²) >= 11 is 1.63. The second-order valence-corrected chi connectivity index (χ2v) is 6.00. The van der Waals surface area contributed by atoms with Gasteiger partial charge in [0.25, 0.3) is 0 Å². The molecule has 1 heterocycles. The van der Waals surface area contributed by atoms with Gasteiger partial charge in [-0.25, -0.2) is 9.37 Å². The first-order valence-electron chi connectivity index (χ1n) is 6.81. The van der Waals surface area contributed by atoms with E-state index in [-0.39, 0.29) is 19.8 Å². The minimum Gasteiger partial charge on any atom is -0.487 e. The Balaban J connectivity index is 1.76. The molecule has 0 aliphatic heterocycles. The highest BCUT2D eigenvalue weighted by atomic mass is 32.1. The molecule has 112 valence electrons. The molecule has 3 rings (SSSR count). The molecule has 1 aromatic heterocycles. The molecule has 0 atom stereocenters. The number of benzene rings is 1. The summed E-state index contributed by atoms with van der Waals surface area (Å²) in [5.41, 5.74) is 1.48. The minimum absolute atomic E-state index is 0.245. The summed E-state index contributed by atoms with van der Waals surface area (Å²) in [6.07, 6.45) is 2.41. The Kier molecular flexibility index (Phi) is 4.19. The van der Waals surface area contributed by atoms with Crippen molar-refractivity contribution >= 4 is 11.3 Å². The van der Waals surface area contributed by atoms with Gasteiger partial charge in [-0.2, -0.15) is 0 Å². The quantitative estimate of drug-likeness (QED) is 0.861. The van der Waals surface area contributed by atoms with Gasteiger partial charge in [0, 0.05) is 22.4 Å². The maximum atomic E-state index is 13.4. The van der Waals surface area contributed by atoms with Gasteiger partial charge in [0.05, 0.1) is 23.9 Å². The third-order valence-corrected chi connectivity index (χ3v) is 4.46. The van der Waals surface area contributed by atoms with Crippen molar-refractivity contribution in [2.45, 2.75) is 38.6 Å². The van der Waals surface area contributed by atoms with E-state index in [1.54, 1.807) is 11.3 Å². The van der Waals surface area contributed by atoms with E-state index >= 15 is 0 Å². The molecule has 1 aromatic carbocycles. The minimum atomic E-state index is -0.500. The SMILES string of the molecule is OCc1cc(F)cc(CO)c1OCc1csc(C2CC2)n1. The highest BCUT2D eigenvalue weighted by Crippen LogP contribution is 2.41. The average molecular weight is 309 g/mol. The van der Waals surface area contributed by atoms with Crippen LogP contribution >= 0.6 is 11.3 Å². The third-order valence-electron chi connectivity index (χ3n) is 3.41. The molecular weight excluding hydrogens is 293 g/mol. The lowest BCUT2D eigenvalue weighted by molar-refractivity contribution is 0.240. The van der Waals surface area contributed by atoms with E-state index in [1.165, 1.54) is 25.0 Å². The van der Waals surface area contributed by atoms with Gasteiger partial charge in [0.15, 0.2) is 0 Å². The Hall–Kier alpha value is -1.50. The van der Waals surface area contributed by atoms with Gasteiger partial charge in [0.1, 0.15) is 18.2 Å². The zero-order chi connectivity index (χ0) is 14.8. The van der Waals surface area contributed by atoms with E-state index in [4.69, 9.17) is 4.74 Å². The second-order valence-electron chi connectivity index (χ2n) is 5.11. The first-order chi connectivity index (χ1) is 10.2. The molecule has 2 aromatic rings. The van der Waals surface area contributed by atoms with Crippen LogP contribution in [0.5, 0.6) is 5.75 Å². The van der Waals surface area contributed by atoms with Crippen molar-refractivity contribution < 1.29 is 19.3 Å². The molecule has 0 saturated heterocycles. The first-order valence-corrected chi connectivity index (χ1v) is 7.69. The van der Waals surface area contributed by atoms with Crippen molar-refractivity contribution in [3.05, 3.63) is 45.2 Å². The lowest BCUT2D eigenvalue weighted by Crippen LogP contribution is -2.04. The highest BCUT2D eigenvalue weighted by molar-refractivity contribution is 7.09. The fraction of sp³-hybridized carbons (Fsp3) is 0.400. The third kappa shape index (κ3) is 3.23. The van der Waals surface area contributed by atoms with Crippen LogP contribution in [0.3, 0.4) is 0 Å². The van der Waals surface area contributed by atoms with Crippen LogP contribution in [0.1, 0.15) is 40.6 Å². The number of halogens is 1. The molecule has 0 unspecified atom stereocenters. The van der Waals surface area contributed by atoms with Gasteiger partial charge in [0.2, 0.25) is 0 Å². The Morgan fingerprint density at radius 2 is 1.90 bits per heavy atom. The van der Waals surface area contributed by atoms with Gasteiger partial charge in [-0.05, 0) is 25.0 Å². The van der Waals surface area contributed by atoms with Crippen molar-refractivity contribution in [2.24, 2.45) is 0 Å². The Bertz CT molecular complexity index is 615. The van der Waals surface area contributed by atoms with E-state index in [1.807, 2.05) is 5.38 Å². The van der Waals surface area contributed by atoms with Crippen LogP contribution in [-0.2, 0) is 19.8 Å². The summed E-state index contributed by atoms with van der Waals surface area (Å²) in [7, 11) is 0. The summed E-state index contributed by atoms with van der Waals surface area (Å²) in [6.45, 7) is -0.441. The number of rotatable bonds is 6. The largest absolute Gasteiger partial charge is 0.487 e. The van der Waals surface area contributed by atoms with E-state index in [0.29, 0.717) is 22.8 Å². The number of aliphatic hydroxyl groups excluding tert-OH is 2. The smallest absolute Gasteiger partial charge is 0.131 e. The zero-order valence-electron chi connectivity index (χ0n) is 11.4. The van der Waals surface area contributed by atoms with E-state index in [2.05, 4.69) is 4.98 Å². The molecule has 2 N–H and O–H groups in total. The van der Waals surface area contributed by atoms with E-state index in [0.717, 1.165) is 10.7 Å². The molecule has 6 heteroatoms. The van der Waals surface area contributed by atoms with Crippen molar-refractivity contribution in [3.63, 3.8) is 0 Å². The Labute approximate surface area is 125 Å². The summed E-state index contributed by atoms with van der Waals surface area (Å²) < 4.78 is 19.0. The fourth-order valence-electron chi connectivity index (χ4n) is 2.19. The molecule has 0 bridgehead atoms. The number of thiazole rings is 1. The Morgan fingerprint density at radius 1 is 1.24 bits per heavy atom. The number of ether oxygens (including phenoxy) is 1. The maximum Gasteiger partial charge on any atom is 0.131 e. The van der Waals surface area contributed by atoms with Crippen LogP contribution < -0.4 is 4.74 Å². The topological polar surface area (TPSA) is 62.6 Å². The number of hydrogen-bond acceptors (Lipinski definition) is 5. The summed E-state index contributed by atoms with van der Waals surface area (Å²) in [4.78, 5) is 4.51. The van der Waals surface area contributed by atoms with Crippen molar-refractivity contribution in [3.8, 4) is 5.75 Å². The molecule has 0 spiro atoms. The summed E-state index contributed by atoms with van der Waals surface area (Å²) in [5.74, 6) is 0.443. The van der Waals surface area contributed by atoms with Crippen LogP contribution in [0.4, 0.5) is 4.39 Å². The predicted octanol–water partition coefficient (Wildman–Crippen LogP) is 2.72.